The highest BCUT2D eigenvalue weighted by Crippen LogP contribution is 2.34. The van der Waals surface area contributed by atoms with Gasteiger partial charge in [0.1, 0.15) is 0 Å². The molecule has 31 heavy (non-hydrogen) atoms. The third-order valence-corrected chi connectivity index (χ3v) is 6.98. The van der Waals surface area contributed by atoms with E-state index in [2.05, 4.69) is 4.72 Å². The Bertz CT molecular complexity index is 1130. The summed E-state index contributed by atoms with van der Waals surface area (Å²) in [6.45, 7) is 5.29. The van der Waals surface area contributed by atoms with Crippen molar-refractivity contribution in [2.45, 2.75) is 31.2 Å². The van der Waals surface area contributed by atoms with E-state index in [1.54, 1.807) is 46.2 Å². The first kappa shape index (κ1) is 21.3. The van der Waals surface area contributed by atoms with E-state index in [1.807, 2.05) is 6.92 Å². The minimum atomic E-state index is -3.93. The SMILES string of the molecule is CC(=O)N1c2ccc(S(=O)(=O)Nc3ccccc3C(=O)N3CCOCC3)cc2CC1C. The molecule has 0 bridgehead atoms. The lowest BCUT2D eigenvalue weighted by molar-refractivity contribution is -0.116. The fourth-order valence-electron chi connectivity index (χ4n) is 4.15. The smallest absolute Gasteiger partial charge is 0.261 e. The minimum Gasteiger partial charge on any atom is -0.378 e. The van der Waals surface area contributed by atoms with Crippen LogP contribution in [-0.4, -0.2) is 57.5 Å². The summed E-state index contributed by atoms with van der Waals surface area (Å²) < 4.78 is 34.1. The molecule has 2 heterocycles. The molecule has 1 unspecified atom stereocenters. The predicted molar refractivity (Wildman–Crippen MR) is 117 cm³/mol. The van der Waals surface area contributed by atoms with Gasteiger partial charge < -0.3 is 14.5 Å². The molecule has 1 atom stereocenters. The Balaban J connectivity index is 1.61. The van der Waals surface area contributed by atoms with Gasteiger partial charge in [-0.1, -0.05) is 12.1 Å². The van der Waals surface area contributed by atoms with Gasteiger partial charge in [-0.25, -0.2) is 8.42 Å². The summed E-state index contributed by atoms with van der Waals surface area (Å²) in [7, 11) is -3.93. The molecule has 1 N–H and O–H groups in total. The number of rotatable bonds is 4. The molecule has 9 heteroatoms. The minimum absolute atomic E-state index is 0.0229. The molecule has 2 aliphatic rings. The van der Waals surface area contributed by atoms with Crippen LogP contribution in [0, 0.1) is 0 Å². The Morgan fingerprint density at radius 2 is 1.81 bits per heavy atom. The predicted octanol–water partition coefficient (Wildman–Crippen LogP) is 2.26. The monoisotopic (exact) mass is 443 g/mol. The standard InChI is InChI=1S/C22H25N3O5S/c1-15-13-17-14-18(7-8-21(17)25(15)16(2)26)31(28,29)23-20-6-4-3-5-19(20)22(27)24-9-11-30-12-10-24/h3-8,14-15,23H,9-13H2,1-2H3. The fraction of sp³-hybridized carbons (Fsp3) is 0.364. The zero-order valence-electron chi connectivity index (χ0n) is 17.5. The highest BCUT2D eigenvalue weighted by molar-refractivity contribution is 7.92. The largest absolute Gasteiger partial charge is 0.378 e. The van der Waals surface area contributed by atoms with E-state index in [1.165, 1.54) is 13.0 Å². The molecule has 0 aliphatic carbocycles. The van der Waals surface area contributed by atoms with Crippen LogP contribution >= 0.6 is 0 Å². The number of carbonyl (C=O) groups excluding carboxylic acids is 2. The third kappa shape index (κ3) is 4.15. The molecule has 2 aliphatic heterocycles. The second-order valence-electron chi connectivity index (χ2n) is 7.79. The molecule has 1 saturated heterocycles. The van der Waals surface area contributed by atoms with Crippen molar-refractivity contribution in [3.05, 3.63) is 53.6 Å². The molecule has 4 rings (SSSR count). The molecular weight excluding hydrogens is 418 g/mol. The Kier molecular flexibility index (Phi) is 5.72. The highest BCUT2D eigenvalue weighted by atomic mass is 32.2. The lowest BCUT2D eigenvalue weighted by Gasteiger charge is -2.27. The van der Waals surface area contributed by atoms with Crippen LogP contribution in [0.3, 0.4) is 0 Å². The van der Waals surface area contributed by atoms with Crippen LogP contribution in [0.1, 0.15) is 29.8 Å². The highest BCUT2D eigenvalue weighted by Gasteiger charge is 2.30. The molecule has 1 fully saturated rings. The molecule has 2 amide bonds. The number of benzene rings is 2. The molecule has 2 aromatic rings. The quantitative estimate of drug-likeness (QED) is 0.782. The lowest BCUT2D eigenvalue weighted by atomic mass is 10.1. The van der Waals surface area contributed by atoms with Gasteiger partial charge in [0.25, 0.3) is 15.9 Å². The molecular formula is C22H25N3O5S. The number of amides is 2. The zero-order chi connectivity index (χ0) is 22.2. The molecule has 0 radical (unpaired) electrons. The Morgan fingerprint density at radius 1 is 1.10 bits per heavy atom. The second-order valence-corrected chi connectivity index (χ2v) is 9.47. The maximum absolute atomic E-state index is 13.1. The maximum Gasteiger partial charge on any atom is 0.261 e. The van der Waals surface area contributed by atoms with Gasteiger partial charge in [-0.3, -0.25) is 14.3 Å². The summed E-state index contributed by atoms with van der Waals surface area (Å²) >= 11 is 0. The van der Waals surface area contributed by atoms with Crippen LogP contribution in [0.2, 0.25) is 0 Å². The van der Waals surface area contributed by atoms with Crippen molar-refractivity contribution in [3.8, 4) is 0 Å². The number of fused-ring (bicyclic) bond motifs is 1. The molecule has 0 saturated carbocycles. The number of hydrogen-bond donors (Lipinski definition) is 1. The van der Waals surface area contributed by atoms with E-state index in [0.29, 0.717) is 38.3 Å². The van der Waals surface area contributed by atoms with Crippen molar-refractivity contribution in [1.82, 2.24) is 4.90 Å². The first-order valence-electron chi connectivity index (χ1n) is 10.2. The summed E-state index contributed by atoms with van der Waals surface area (Å²) in [6, 6.07) is 11.3. The molecule has 2 aromatic carbocycles. The van der Waals surface area contributed by atoms with Gasteiger partial charge in [-0.2, -0.15) is 0 Å². The second kappa shape index (κ2) is 8.32. The van der Waals surface area contributed by atoms with Gasteiger partial charge in [0.15, 0.2) is 0 Å². The number of carbonyl (C=O) groups is 2. The van der Waals surface area contributed by atoms with Crippen LogP contribution in [0.25, 0.3) is 0 Å². The number of ether oxygens (including phenoxy) is 1. The number of nitrogens with zero attached hydrogens (tertiary/aromatic N) is 2. The van der Waals surface area contributed by atoms with Gasteiger partial charge in [0.2, 0.25) is 5.91 Å². The zero-order valence-corrected chi connectivity index (χ0v) is 18.3. The van der Waals surface area contributed by atoms with Crippen molar-refractivity contribution in [2.75, 3.05) is 35.9 Å². The normalized spacial score (nSPS) is 18.6. The van der Waals surface area contributed by atoms with E-state index in [4.69, 9.17) is 4.74 Å². The number of hydrogen-bond acceptors (Lipinski definition) is 5. The fourth-order valence-corrected chi connectivity index (χ4v) is 5.28. The Morgan fingerprint density at radius 3 is 2.52 bits per heavy atom. The first-order valence-corrected chi connectivity index (χ1v) is 11.7. The van der Waals surface area contributed by atoms with Gasteiger partial charge in [0.05, 0.1) is 29.4 Å². The van der Waals surface area contributed by atoms with Crippen LogP contribution in [0.5, 0.6) is 0 Å². The average Bonchev–Trinajstić information content (AvgIpc) is 3.09. The molecule has 8 nitrogen and oxygen atoms in total. The van der Waals surface area contributed by atoms with Crippen molar-refractivity contribution >= 4 is 33.2 Å². The summed E-state index contributed by atoms with van der Waals surface area (Å²) in [5, 5.41) is 0. The molecule has 164 valence electrons. The average molecular weight is 444 g/mol. The van der Waals surface area contributed by atoms with Crippen molar-refractivity contribution in [3.63, 3.8) is 0 Å². The number of sulfonamides is 1. The molecule has 0 spiro atoms. The third-order valence-electron chi connectivity index (χ3n) is 5.62. The topological polar surface area (TPSA) is 96.0 Å². The first-order chi connectivity index (χ1) is 14.8. The van der Waals surface area contributed by atoms with Gasteiger partial charge in [-0.15, -0.1) is 0 Å². The van der Waals surface area contributed by atoms with E-state index in [0.717, 1.165) is 11.3 Å². The van der Waals surface area contributed by atoms with Crippen LogP contribution in [-0.2, 0) is 26.0 Å². The van der Waals surface area contributed by atoms with E-state index in [-0.39, 0.29) is 28.4 Å². The number of anilines is 2. The van der Waals surface area contributed by atoms with Crippen molar-refractivity contribution in [1.29, 1.82) is 0 Å². The van der Waals surface area contributed by atoms with Gasteiger partial charge >= 0.3 is 0 Å². The Labute approximate surface area is 181 Å². The maximum atomic E-state index is 13.1. The summed E-state index contributed by atoms with van der Waals surface area (Å²) in [4.78, 5) is 28.3. The molecule has 0 aromatic heterocycles. The van der Waals surface area contributed by atoms with Crippen LogP contribution < -0.4 is 9.62 Å². The van der Waals surface area contributed by atoms with E-state index >= 15 is 0 Å². The van der Waals surface area contributed by atoms with Crippen molar-refractivity contribution < 1.29 is 22.7 Å². The Hall–Kier alpha value is -2.91. The summed E-state index contributed by atoms with van der Waals surface area (Å²) in [5.41, 5.74) is 2.08. The lowest BCUT2D eigenvalue weighted by Crippen LogP contribution is -2.41. The van der Waals surface area contributed by atoms with Crippen LogP contribution in [0.15, 0.2) is 47.4 Å². The van der Waals surface area contributed by atoms with Gasteiger partial charge in [0, 0.05) is 31.7 Å². The summed E-state index contributed by atoms with van der Waals surface area (Å²) in [6.07, 6.45) is 0.588. The summed E-state index contributed by atoms with van der Waals surface area (Å²) in [5.74, 6) is -0.308. The number of para-hydroxylation sites is 1. The van der Waals surface area contributed by atoms with Crippen LogP contribution in [0.4, 0.5) is 11.4 Å². The van der Waals surface area contributed by atoms with Crippen molar-refractivity contribution in [2.24, 2.45) is 0 Å². The van der Waals surface area contributed by atoms with E-state index < -0.39 is 10.0 Å². The number of nitrogens with one attached hydrogen (secondary N) is 1. The van der Waals surface area contributed by atoms with E-state index in [9.17, 15) is 18.0 Å². The number of morpholine rings is 1. The van der Waals surface area contributed by atoms with Gasteiger partial charge in [-0.05, 0) is 49.2 Å².